The quantitative estimate of drug-likeness (QED) is 0.265. The number of hydrogen-bond acceptors (Lipinski definition) is 4. The largest absolute Gasteiger partial charge is 0.478 e. The molecule has 0 spiro atoms. The first-order valence-corrected chi connectivity index (χ1v) is 13.4. The molecular weight excluding hydrogens is 492 g/mol. The van der Waals surface area contributed by atoms with Gasteiger partial charge in [-0.05, 0) is 63.9 Å². The van der Waals surface area contributed by atoms with Crippen molar-refractivity contribution in [2.24, 2.45) is 0 Å². The van der Waals surface area contributed by atoms with E-state index in [1.165, 1.54) is 36.4 Å². The summed E-state index contributed by atoms with van der Waals surface area (Å²) in [7, 11) is -3.16. The van der Waals surface area contributed by atoms with E-state index in [9.17, 15) is 39.6 Å². The van der Waals surface area contributed by atoms with Crippen molar-refractivity contribution in [1.29, 1.82) is 0 Å². The molecule has 0 aromatic heterocycles. The fraction of sp³-hybridized carbons (Fsp3) is 0.0714. The monoisotopic (exact) mass is 514 g/mol. The molecule has 4 rings (SSSR count). The Morgan fingerprint density at radius 1 is 0.568 bits per heavy atom. The summed E-state index contributed by atoms with van der Waals surface area (Å²) in [5.41, 5.74) is 0.212. The molecular formula is C28H22O8Si. The molecule has 1 atom stereocenters. The van der Waals surface area contributed by atoms with Crippen LogP contribution in [0.1, 0.15) is 37.5 Å². The Hall–Kier alpha value is -4.76. The number of aromatic carboxylic acids is 3. The van der Waals surface area contributed by atoms with Crippen LogP contribution < -0.4 is 15.6 Å². The van der Waals surface area contributed by atoms with Gasteiger partial charge in [-0.2, -0.15) is 0 Å². The van der Waals surface area contributed by atoms with Crippen LogP contribution in [0.25, 0.3) is 0 Å². The van der Waals surface area contributed by atoms with Gasteiger partial charge in [0.1, 0.15) is 0 Å². The van der Waals surface area contributed by atoms with Gasteiger partial charge in [0, 0.05) is 0 Å². The van der Waals surface area contributed by atoms with E-state index in [2.05, 4.69) is 0 Å². The summed E-state index contributed by atoms with van der Waals surface area (Å²) in [5, 5.41) is 40.2. The van der Waals surface area contributed by atoms with E-state index >= 15 is 0 Å². The lowest BCUT2D eigenvalue weighted by molar-refractivity contribution is -0.132. The van der Waals surface area contributed by atoms with Crippen molar-refractivity contribution in [2.75, 3.05) is 0 Å². The minimum atomic E-state index is -3.16. The van der Waals surface area contributed by atoms with Crippen LogP contribution in [-0.2, 0) is 4.79 Å². The van der Waals surface area contributed by atoms with Gasteiger partial charge < -0.3 is 20.4 Å². The zero-order valence-electron chi connectivity index (χ0n) is 19.4. The zero-order chi connectivity index (χ0) is 26.7. The highest BCUT2D eigenvalue weighted by molar-refractivity contribution is 7.12. The molecule has 0 amide bonds. The van der Waals surface area contributed by atoms with Crippen molar-refractivity contribution in [3.8, 4) is 0 Å². The lowest BCUT2D eigenvalue weighted by Crippen LogP contribution is -2.69. The van der Waals surface area contributed by atoms with Crippen molar-refractivity contribution < 1.29 is 39.6 Å². The first kappa shape index (κ1) is 25.3. The zero-order valence-corrected chi connectivity index (χ0v) is 20.4. The van der Waals surface area contributed by atoms with Crippen molar-refractivity contribution in [1.82, 2.24) is 0 Å². The van der Waals surface area contributed by atoms with Crippen molar-refractivity contribution in [3.63, 3.8) is 0 Å². The summed E-state index contributed by atoms with van der Waals surface area (Å²) in [6, 6.07) is 19.4. The number of allylic oxidation sites excluding steroid dienone is 2. The van der Waals surface area contributed by atoms with Crippen LogP contribution in [0.5, 0.6) is 0 Å². The van der Waals surface area contributed by atoms with E-state index in [-0.39, 0.29) is 27.8 Å². The molecule has 0 heterocycles. The number of aliphatic carboxylic acids is 1. The molecule has 0 saturated heterocycles. The summed E-state index contributed by atoms with van der Waals surface area (Å²) < 4.78 is 0. The average molecular weight is 515 g/mol. The summed E-state index contributed by atoms with van der Waals surface area (Å²) in [6.07, 6.45) is 5.38. The Balaban J connectivity index is 2.02. The Labute approximate surface area is 212 Å². The number of benzene rings is 3. The molecule has 0 fully saturated rings. The van der Waals surface area contributed by atoms with Crippen LogP contribution in [0.3, 0.4) is 0 Å². The summed E-state index contributed by atoms with van der Waals surface area (Å²) >= 11 is 0. The number of carbonyl (C=O) groups is 4. The summed E-state index contributed by atoms with van der Waals surface area (Å²) in [4.78, 5) is 46.1. The first-order valence-electron chi connectivity index (χ1n) is 11.3. The fourth-order valence-corrected chi connectivity index (χ4v) is 10.1. The highest BCUT2D eigenvalue weighted by Gasteiger charge is 2.46. The predicted molar refractivity (Wildman–Crippen MR) is 138 cm³/mol. The maximum atomic E-state index is 11.5. The number of hydrogen-bond donors (Lipinski definition) is 4. The second-order valence-electron chi connectivity index (χ2n) is 8.62. The van der Waals surface area contributed by atoms with Crippen LogP contribution in [0, 0.1) is 0 Å². The van der Waals surface area contributed by atoms with Crippen LogP contribution >= 0.6 is 0 Å². The van der Waals surface area contributed by atoms with Gasteiger partial charge in [-0.25, -0.2) is 19.2 Å². The lowest BCUT2D eigenvalue weighted by atomic mass is 10.1. The van der Waals surface area contributed by atoms with Crippen molar-refractivity contribution in [3.05, 3.63) is 113 Å². The molecule has 37 heavy (non-hydrogen) atoms. The Morgan fingerprint density at radius 2 is 0.919 bits per heavy atom. The standard InChI is InChI=1S/C28H22O8Si/c29-25(30)17-1-9-21(10-2-17)37(22-11-3-18(4-12-22)26(31)32,23-13-5-19(6-14-23)27(33)34)24-15-7-20(8-16-24)28(35)36/h1-15,24H,16H2,(H,29,30)(H,31,32)(H,33,34)(H,35,36). The van der Waals surface area contributed by atoms with E-state index in [0.717, 1.165) is 15.6 Å². The molecule has 3 aromatic carbocycles. The maximum Gasteiger partial charge on any atom is 0.335 e. The van der Waals surface area contributed by atoms with Crippen LogP contribution in [-0.4, -0.2) is 52.4 Å². The second kappa shape index (κ2) is 10.1. The molecule has 0 saturated carbocycles. The van der Waals surface area contributed by atoms with Gasteiger partial charge in [-0.15, -0.1) is 0 Å². The molecule has 3 aromatic rings. The molecule has 186 valence electrons. The van der Waals surface area contributed by atoms with E-state index in [1.807, 2.05) is 6.08 Å². The van der Waals surface area contributed by atoms with Gasteiger partial charge in [0.25, 0.3) is 0 Å². The molecule has 0 radical (unpaired) electrons. The third-order valence-corrected chi connectivity index (χ3v) is 11.9. The molecule has 1 aliphatic carbocycles. The Kier molecular flexibility index (Phi) is 6.90. The van der Waals surface area contributed by atoms with Gasteiger partial charge >= 0.3 is 23.9 Å². The summed E-state index contributed by atoms with van der Waals surface area (Å²) in [6.45, 7) is 0. The minimum Gasteiger partial charge on any atom is -0.478 e. The number of carboxylic acids is 4. The minimum absolute atomic E-state index is 0.0985. The molecule has 4 N–H and O–H groups in total. The Morgan fingerprint density at radius 3 is 1.16 bits per heavy atom. The molecule has 1 unspecified atom stereocenters. The van der Waals surface area contributed by atoms with Gasteiger partial charge in [0.05, 0.1) is 22.3 Å². The Bertz CT molecular complexity index is 1300. The molecule has 1 aliphatic rings. The normalized spacial score (nSPS) is 15.0. The number of rotatable bonds is 8. The van der Waals surface area contributed by atoms with E-state index in [1.54, 1.807) is 48.6 Å². The molecule has 9 heteroatoms. The average Bonchev–Trinajstić information content (AvgIpc) is 2.90. The van der Waals surface area contributed by atoms with E-state index < -0.39 is 32.0 Å². The van der Waals surface area contributed by atoms with Gasteiger partial charge in [-0.3, -0.25) is 0 Å². The first-order chi connectivity index (χ1) is 17.6. The maximum absolute atomic E-state index is 11.5. The van der Waals surface area contributed by atoms with Crippen LogP contribution in [0.15, 0.2) is 96.6 Å². The van der Waals surface area contributed by atoms with Gasteiger partial charge in [0.15, 0.2) is 8.07 Å². The van der Waals surface area contributed by atoms with Crippen molar-refractivity contribution in [2.45, 2.75) is 12.0 Å². The third kappa shape index (κ3) is 4.72. The van der Waals surface area contributed by atoms with Crippen LogP contribution in [0.4, 0.5) is 0 Å². The topological polar surface area (TPSA) is 149 Å². The van der Waals surface area contributed by atoms with Crippen LogP contribution in [0.2, 0.25) is 5.54 Å². The highest BCUT2D eigenvalue weighted by atomic mass is 28.3. The lowest BCUT2D eigenvalue weighted by Gasteiger charge is -2.40. The van der Waals surface area contributed by atoms with Crippen molar-refractivity contribution >= 4 is 47.5 Å². The highest BCUT2D eigenvalue weighted by Crippen LogP contribution is 2.32. The van der Waals surface area contributed by atoms with E-state index in [0.29, 0.717) is 6.42 Å². The predicted octanol–water partition coefficient (Wildman–Crippen LogP) is 2.59. The smallest absolute Gasteiger partial charge is 0.335 e. The number of carboxylic acid groups (broad SMARTS) is 4. The third-order valence-electron chi connectivity index (χ3n) is 6.66. The molecule has 0 aliphatic heterocycles. The summed E-state index contributed by atoms with van der Waals surface area (Å²) in [5.74, 6) is -4.30. The molecule has 8 nitrogen and oxygen atoms in total. The van der Waals surface area contributed by atoms with Gasteiger partial charge in [-0.1, -0.05) is 54.6 Å². The molecule has 0 bridgehead atoms. The fourth-order valence-electron chi connectivity index (χ4n) is 4.87. The van der Waals surface area contributed by atoms with Gasteiger partial charge in [0.2, 0.25) is 0 Å². The second-order valence-corrected chi connectivity index (χ2v) is 12.7. The SMILES string of the molecule is O=C(O)C1=CCC([Si](c2ccc(C(=O)O)cc2)(c2ccc(C(=O)O)cc2)c2ccc(C(=O)O)cc2)C=C1. The van der Waals surface area contributed by atoms with E-state index in [4.69, 9.17) is 0 Å².